The van der Waals surface area contributed by atoms with Crippen LogP contribution in [0.1, 0.15) is 10.4 Å². The van der Waals surface area contributed by atoms with Crippen LogP contribution >= 0.6 is 12.2 Å². The zero-order valence-electron chi connectivity index (χ0n) is 9.15. The van der Waals surface area contributed by atoms with Crippen molar-refractivity contribution >= 4 is 34.8 Å². The van der Waals surface area contributed by atoms with Crippen LogP contribution < -0.4 is 5.32 Å². The minimum Gasteiger partial charge on any atom is -0.331 e. The number of hydrogen-bond donors (Lipinski definition) is 4. The summed E-state index contributed by atoms with van der Waals surface area (Å²) in [7, 11) is 0. The number of amides is 1. The van der Waals surface area contributed by atoms with Gasteiger partial charge in [-0.15, -0.1) is 0 Å². The fraction of sp³-hybridized carbons (Fsp3) is 0. The zero-order valence-corrected chi connectivity index (χ0v) is 9.97. The molecule has 1 aromatic carbocycles. The van der Waals surface area contributed by atoms with E-state index in [1.807, 2.05) is 12.1 Å². The Morgan fingerprint density at radius 2 is 2.11 bits per heavy atom. The number of imidazole rings is 1. The number of anilines is 1. The maximum Gasteiger partial charge on any atom is 0.258 e. The molecule has 3 rings (SSSR count). The summed E-state index contributed by atoms with van der Waals surface area (Å²) in [6, 6.07) is 5.48. The van der Waals surface area contributed by atoms with E-state index in [1.54, 1.807) is 6.07 Å². The predicted octanol–water partition coefficient (Wildman–Crippen LogP) is 2.20. The van der Waals surface area contributed by atoms with E-state index in [1.165, 1.54) is 12.4 Å². The molecule has 6 nitrogen and oxygen atoms in total. The van der Waals surface area contributed by atoms with Crippen molar-refractivity contribution in [2.24, 2.45) is 0 Å². The maximum absolute atomic E-state index is 11.8. The molecule has 0 bridgehead atoms. The Bertz CT molecular complexity index is 755. The molecule has 7 heteroatoms. The van der Waals surface area contributed by atoms with Crippen molar-refractivity contribution < 1.29 is 4.79 Å². The second-order valence-corrected chi connectivity index (χ2v) is 4.19. The van der Waals surface area contributed by atoms with Crippen molar-refractivity contribution in [3.8, 4) is 0 Å². The van der Waals surface area contributed by atoms with Gasteiger partial charge in [-0.25, -0.2) is 0 Å². The monoisotopic (exact) mass is 259 g/mol. The van der Waals surface area contributed by atoms with E-state index in [0.29, 0.717) is 16.0 Å². The van der Waals surface area contributed by atoms with Gasteiger partial charge in [0.1, 0.15) is 0 Å². The lowest BCUT2D eigenvalue weighted by Gasteiger charge is -2.02. The molecule has 3 aromatic rings. The van der Waals surface area contributed by atoms with Gasteiger partial charge in [0.15, 0.2) is 4.77 Å². The normalized spacial score (nSPS) is 10.7. The first-order valence-corrected chi connectivity index (χ1v) is 5.65. The lowest BCUT2D eigenvalue weighted by Crippen LogP contribution is -2.10. The highest BCUT2D eigenvalue weighted by atomic mass is 32.1. The number of aromatic nitrogens is 4. The van der Waals surface area contributed by atoms with Gasteiger partial charge in [-0.2, -0.15) is 5.10 Å². The quantitative estimate of drug-likeness (QED) is 0.532. The molecule has 0 atom stereocenters. The third-order valence-corrected chi connectivity index (χ3v) is 2.74. The summed E-state index contributed by atoms with van der Waals surface area (Å²) in [5.74, 6) is -0.211. The molecule has 0 aliphatic carbocycles. The van der Waals surface area contributed by atoms with Crippen molar-refractivity contribution in [1.29, 1.82) is 0 Å². The fourth-order valence-electron chi connectivity index (χ4n) is 1.69. The SMILES string of the molecule is O=C(Nc1ccc2[nH]c(=S)[nH]c2c1)c1cn[nH]c1. The summed E-state index contributed by atoms with van der Waals surface area (Å²) in [5.41, 5.74) is 2.93. The molecular formula is C11H9N5OS. The molecule has 1 amide bonds. The number of fused-ring (bicyclic) bond motifs is 1. The van der Waals surface area contributed by atoms with Gasteiger partial charge >= 0.3 is 0 Å². The predicted molar refractivity (Wildman–Crippen MR) is 70.0 cm³/mol. The molecule has 0 aliphatic heterocycles. The van der Waals surface area contributed by atoms with Crippen LogP contribution in [0.2, 0.25) is 0 Å². The summed E-state index contributed by atoms with van der Waals surface area (Å²) in [4.78, 5) is 17.8. The largest absolute Gasteiger partial charge is 0.331 e. The highest BCUT2D eigenvalue weighted by molar-refractivity contribution is 7.71. The van der Waals surface area contributed by atoms with Gasteiger partial charge in [-0.05, 0) is 30.4 Å². The molecular weight excluding hydrogens is 250 g/mol. The minimum atomic E-state index is -0.211. The Hall–Kier alpha value is -2.41. The first-order valence-electron chi connectivity index (χ1n) is 5.24. The van der Waals surface area contributed by atoms with E-state index in [4.69, 9.17) is 12.2 Å². The number of rotatable bonds is 2. The van der Waals surface area contributed by atoms with E-state index in [0.717, 1.165) is 11.0 Å². The number of benzene rings is 1. The fourth-order valence-corrected chi connectivity index (χ4v) is 1.91. The molecule has 90 valence electrons. The highest BCUT2D eigenvalue weighted by Gasteiger charge is 2.07. The zero-order chi connectivity index (χ0) is 12.5. The summed E-state index contributed by atoms with van der Waals surface area (Å²) >= 11 is 5.00. The smallest absolute Gasteiger partial charge is 0.258 e. The van der Waals surface area contributed by atoms with Crippen LogP contribution in [-0.4, -0.2) is 26.1 Å². The van der Waals surface area contributed by atoms with Crippen LogP contribution in [0.15, 0.2) is 30.6 Å². The molecule has 18 heavy (non-hydrogen) atoms. The molecule has 4 N–H and O–H groups in total. The molecule has 0 fully saturated rings. The lowest BCUT2D eigenvalue weighted by atomic mass is 10.2. The Labute approximate surface area is 106 Å². The van der Waals surface area contributed by atoms with Crippen molar-refractivity contribution in [3.05, 3.63) is 40.9 Å². The Morgan fingerprint density at radius 1 is 1.28 bits per heavy atom. The van der Waals surface area contributed by atoms with Gasteiger partial charge in [-0.3, -0.25) is 9.89 Å². The van der Waals surface area contributed by atoms with E-state index in [2.05, 4.69) is 25.5 Å². The minimum absolute atomic E-state index is 0.211. The first-order chi connectivity index (χ1) is 8.72. The first kappa shape index (κ1) is 10.7. The van der Waals surface area contributed by atoms with E-state index in [9.17, 15) is 4.79 Å². The van der Waals surface area contributed by atoms with Crippen LogP contribution in [0.3, 0.4) is 0 Å². The number of H-pyrrole nitrogens is 3. The van der Waals surface area contributed by atoms with Gasteiger partial charge in [0.2, 0.25) is 0 Å². The van der Waals surface area contributed by atoms with E-state index < -0.39 is 0 Å². The van der Waals surface area contributed by atoms with E-state index in [-0.39, 0.29) is 5.91 Å². The standard InChI is InChI=1S/C11H9N5OS/c17-10(6-4-12-13-5-6)14-7-1-2-8-9(3-7)16-11(18)15-8/h1-5H,(H,12,13)(H,14,17)(H2,15,16,18). The Kier molecular flexibility index (Phi) is 2.45. The molecule has 0 unspecified atom stereocenters. The summed E-state index contributed by atoms with van der Waals surface area (Å²) in [6.45, 7) is 0. The number of carbonyl (C=O) groups is 1. The number of hydrogen-bond acceptors (Lipinski definition) is 3. The number of nitrogens with zero attached hydrogens (tertiary/aromatic N) is 1. The topological polar surface area (TPSA) is 89.4 Å². The van der Waals surface area contributed by atoms with Crippen molar-refractivity contribution in [1.82, 2.24) is 20.2 Å². The van der Waals surface area contributed by atoms with Crippen molar-refractivity contribution in [2.45, 2.75) is 0 Å². The summed E-state index contributed by atoms with van der Waals surface area (Å²) in [5, 5.41) is 9.10. The number of nitrogens with one attached hydrogen (secondary N) is 4. The molecule has 0 aliphatic rings. The van der Waals surface area contributed by atoms with Gasteiger partial charge in [-0.1, -0.05) is 0 Å². The molecule has 0 saturated heterocycles. The number of aromatic amines is 3. The molecule has 2 aromatic heterocycles. The molecule has 0 radical (unpaired) electrons. The van der Waals surface area contributed by atoms with Crippen LogP contribution in [0.25, 0.3) is 11.0 Å². The van der Waals surface area contributed by atoms with Gasteiger partial charge in [0.25, 0.3) is 5.91 Å². The second-order valence-electron chi connectivity index (χ2n) is 3.78. The third-order valence-electron chi connectivity index (χ3n) is 2.53. The van der Waals surface area contributed by atoms with E-state index >= 15 is 0 Å². The van der Waals surface area contributed by atoms with Crippen LogP contribution in [0.4, 0.5) is 5.69 Å². The maximum atomic E-state index is 11.8. The lowest BCUT2D eigenvalue weighted by molar-refractivity contribution is 0.102. The molecule has 0 spiro atoms. The van der Waals surface area contributed by atoms with Crippen LogP contribution in [-0.2, 0) is 0 Å². The summed E-state index contributed by atoms with van der Waals surface area (Å²) in [6.07, 6.45) is 3.01. The molecule has 0 saturated carbocycles. The highest BCUT2D eigenvalue weighted by Crippen LogP contribution is 2.16. The second kappa shape index (κ2) is 4.11. The average molecular weight is 259 g/mol. The van der Waals surface area contributed by atoms with Gasteiger partial charge in [0.05, 0.1) is 22.8 Å². The Morgan fingerprint density at radius 3 is 2.89 bits per heavy atom. The van der Waals surface area contributed by atoms with Crippen molar-refractivity contribution in [2.75, 3.05) is 5.32 Å². The Balaban J connectivity index is 1.91. The van der Waals surface area contributed by atoms with Gasteiger partial charge in [0, 0.05) is 11.9 Å². The van der Waals surface area contributed by atoms with Crippen molar-refractivity contribution in [3.63, 3.8) is 0 Å². The van der Waals surface area contributed by atoms with Crippen LogP contribution in [0.5, 0.6) is 0 Å². The van der Waals surface area contributed by atoms with Crippen LogP contribution in [0, 0.1) is 4.77 Å². The average Bonchev–Trinajstić information content (AvgIpc) is 2.95. The summed E-state index contributed by atoms with van der Waals surface area (Å²) < 4.78 is 0.559. The van der Waals surface area contributed by atoms with Gasteiger partial charge < -0.3 is 15.3 Å². The number of carbonyl (C=O) groups excluding carboxylic acids is 1. The third kappa shape index (κ3) is 1.91. The molecule has 2 heterocycles.